The minimum absolute atomic E-state index is 0.0599. The molecule has 2 nitrogen and oxygen atoms in total. The molecule has 130 valence electrons. The lowest BCUT2D eigenvalue weighted by atomic mass is 9.44. The van der Waals surface area contributed by atoms with E-state index >= 15 is 0 Å². The minimum Gasteiger partial charge on any atom is -0.462 e. The number of hydrogen-bond acceptors (Lipinski definition) is 2. The van der Waals surface area contributed by atoms with Crippen LogP contribution in [0.1, 0.15) is 85.0 Å². The van der Waals surface area contributed by atoms with Crippen molar-refractivity contribution in [1.82, 2.24) is 0 Å². The van der Waals surface area contributed by atoms with Gasteiger partial charge < -0.3 is 4.74 Å². The van der Waals surface area contributed by atoms with Crippen LogP contribution in [0.3, 0.4) is 0 Å². The fourth-order valence-electron chi connectivity index (χ4n) is 7.72. The van der Waals surface area contributed by atoms with Gasteiger partial charge >= 0.3 is 5.97 Å². The first kappa shape index (κ1) is 16.0. The van der Waals surface area contributed by atoms with Crippen LogP contribution in [0.4, 0.5) is 0 Å². The Bertz CT molecular complexity index is 486. The first-order valence-electron chi connectivity index (χ1n) is 10.1. The molecular weight excluding hydrogens is 284 g/mol. The average molecular weight is 319 g/mol. The lowest BCUT2D eigenvalue weighted by Gasteiger charge is -2.61. The van der Waals surface area contributed by atoms with Crippen LogP contribution in [-0.2, 0) is 9.53 Å². The molecule has 4 fully saturated rings. The first-order valence-corrected chi connectivity index (χ1v) is 10.1. The fraction of sp³-hybridized carbons (Fsp3) is 0.952. The van der Waals surface area contributed by atoms with Gasteiger partial charge in [0.15, 0.2) is 0 Å². The van der Waals surface area contributed by atoms with Gasteiger partial charge in [-0.2, -0.15) is 0 Å². The van der Waals surface area contributed by atoms with E-state index in [-0.39, 0.29) is 12.1 Å². The predicted molar refractivity (Wildman–Crippen MR) is 91.9 cm³/mol. The van der Waals surface area contributed by atoms with Crippen molar-refractivity contribution < 1.29 is 9.53 Å². The Morgan fingerprint density at radius 2 is 1.83 bits per heavy atom. The number of carbonyl (C=O) groups is 1. The van der Waals surface area contributed by atoms with Crippen molar-refractivity contribution in [2.75, 3.05) is 0 Å². The van der Waals surface area contributed by atoms with Gasteiger partial charge in [-0.1, -0.05) is 33.1 Å². The van der Waals surface area contributed by atoms with Crippen LogP contribution in [0.25, 0.3) is 0 Å². The second kappa shape index (κ2) is 5.49. The Labute approximate surface area is 141 Å². The van der Waals surface area contributed by atoms with Crippen molar-refractivity contribution >= 4 is 5.97 Å². The largest absolute Gasteiger partial charge is 0.462 e. The van der Waals surface area contributed by atoms with Gasteiger partial charge in [-0.25, -0.2) is 0 Å². The highest BCUT2D eigenvalue weighted by Gasteiger charge is 2.61. The molecular formula is C21H34O2. The van der Waals surface area contributed by atoms with E-state index < -0.39 is 0 Å². The molecule has 4 aliphatic rings. The quantitative estimate of drug-likeness (QED) is 0.609. The maximum Gasteiger partial charge on any atom is 0.302 e. The van der Waals surface area contributed by atoms with Gasteiger partial charge in [0.05, 0.1) is 0 Å². The smallest absolute Gasteiger partial charge is 0.302 e. The Hall–Kier alpha value is -0.530. The van der Waals surface area contributed by atoms with Gasteiger partial charge in [-0.3, -0.25) is 4.79 Å². The number of esters is 1. The van der Waals surface area contributed by atoms with E-state index in [1.165, 1.54) is 57.8 Å². The van der Waals surface area contributed by atoms with Crippen molar-refractivity contribution in [2.24, 2.45) is 34.5 Å². The maximum absolute atomic E-state index is 11.8. The molecule has 0 aliphatic heterocycles. The Morgan fingerprint density at radius 3 is 2.61 bits per heavy atom. The van der Waals surface area contributed by atoms with Gasteiger partial charge in [0, 0.05) is 12.8 Å². The Morgan fingerprint density at radius 1 is 1.00 bits per heavy atom. The summed E-state index contributed by atoms with van der Waals surface area (Å²) in [7, 11) is 0. The summed E-state index contributed by atoms with van der Waals surface area (Å²) in [5.74, 6) is 3.14. The van der Waals surface area contributed by atoms with Crippen molar-refractivity contribution in [3.05, 3.63) is 0 Å². The SMILES string of the molecule is CC(=O)O[C@@H]1C[C@]2(C)CCC[C@@H]2[C@@H]2CC[C@H]3CCCC[C@]3(C)[C@@H]21. The van der Waals surface area contributed by atoms with Gasteiger partial charge in [0.25, 0.3) is 0 Å². The molecule has 0 unspecified atom stereocenters. The average Bonchev–Trinajstić information content (AvgIpc) is 2.86. The molecule has 2 heteroatoms. The molecule has 0 amide bonds. The van der Waals surface area contributed by atoms with E-state index in [9.17, 15) is 4.79 Å². The zero-order valence-corrected chi connectivity index (χ0v) is 15.3. The molecule has 4 rings (SSSR count). The molecule has 0 radical (unpaired) electrons. The molecule has 0 N–H and O–H groups in total. The van der Waals surface area contributed by atoms with Crippen LogP contribution in [0.15, 0.2) is 0 Å². The van der Waals surface area contributed by atoms with E-state index in [1.54, 1.807) is 6.92 Å². The first-order chi connectivity index (χ1) is 10.9. The van der Waals surface area contributed by atoms with Crippen LogP contribution in [0.2, 0.25) is 0 Å². The van der Waals surface area contributed by atoms with Crippen molar-refractivity contribution in [2.45, 2.75) is 91.1 Å². The highest BCUT2D eigenvalue weighted by Crippen LogP contribution is 2.66. The van der Waals surface area contributed by atoms with Crippen LogP contribution in [0, 0.1) is 34.5 Å². The summed E-state index contributed by atoms with van der Waals surface area (Å²) in [5.41, 5.74) is 0.852. The van der Waals surface area contributed by atoms with Crippen LogP contribution in [-0.4, -0.2) is 12.1 Å². The minimum atomic E-state index is -0.0599. The Balaban J connectivity index is 1.71. The maximum atomic E-state index is 11.8. The van der Waals surface area contributed by atoms with Crippen molar-refractivity contribution in [3.8, 4) is 0 Å². The highest BCUT2D eigenvalue weighted by atomic mass is 16.5. The molecule has 0 bridgehead atoms. The van der Waals surface area contributed by atoms with Crippen LogP contribution >= 0.6 is 0 Å². The molecule has 0 aromatic carbocycles. The van der Waals surface area contributed by atoms with Gasteiger partial charge in [0.2, 0.25) is 0 Å². The summed E-state index contributed by atoms with van der Waals surface area (Å²) < 4.78 is 6.01. The second-order valence-electron chi connectivity index (χ2n) is 9.72. The normalized spacial score (nSPS) is 52.2. The zero-order chi connectivity index (χ0) is 16.2. The van der Waals surface area contributed by atoms with Gasteiger partial charge in [0.1, 0.15) is 6.10 Å². The molecule has 0 heterocycles. The fourth-order valence-corrected chi connectivity index (χ4v) is 7.72. The number of hydrogen-bond donors (Lipinski definition) is 0. The second-order valence-corrected chi connectivity index (χ2v) is 9.72. The molecule has 4 saturated carbocycles. The zero-order valence-electron chi connectivity index (χ0n) is 15.3. The number of rotatable bonds is 1. The summed E-state index contributed by atoms with van der Waals surface area (Å²) in [6, 6.07) is 0. The number of fused-ring (bicyclic) bond motifs is 5. The molecule has 0 aromatic rings. The summed E-state index contributed by atoms with van der Waals surface area (Å²) in [4.78, 5) is 11.8. The Kier molecular flexibility index (Phi) is 3.81. The summed E-state index contributed by atoms with van der Waals surface area (Å²) in [5, 5.41) is 0. The lowest BCUT2D eigenvalue weighted by molar-refractivity contribution is -0.189. The molecule has 0 saturated heterocycles. The number of ether oxygens (including phenoxy) is 1. The van der Waals surface area contributed by atoms with Gasteiger partial charge in [-0.05, 0) is 73.5 Å². The van der Waals surface area contributed by atoms with Crippen molar-refractivity contribution in [3.63, 3.8) is 0 Å². The molecule has 23 heavy (non-hydrogen) atoms. The summed E-state index contributed by atoms with van der Waals surface area (Å²) in [6.45, 7) is 6.66. The third-order valence-corrected chi connectivity index (χ3v) is 8.58. The molecule has 0 aromatic heterocycles. The van der Waals surface area contributed by atoms with E-state index in [1.807, 2.05) is 0 Å². The molecule has 7 atom stereocenters. The van der Waals surface area contributed by atoms with E-state index in [0.29, 0.717) is 16.7 Å². The topological polar surface area (TPSA) is 26.3 Å². The van der Waals surface area contributed by atoms with Crippen LogP contribution < -0.4 is 0 Å². The number of carbonyl (C=O) groups excluding carboxylic acids is 1. The van der Waals surface area contributed by atoms with E-state index in [0.717, 1.165) is 24.2 Å². The van der Waals surface area contributed by atoms with E-state index in [4.69, 9.17) is 4.74 Å². The van der Waals surface area contributed by atoms with E-state index in [2.05, 4.69) is 13.8 Å². The summed E-state index contributed by atoms with van der Waals surface area (Å²) >= 11 is 0. The third-order valence-electron chi connectivity index (χ3n) is 8.58. The molecule has 4 aliphatic carbocycles. The third kappa shape index (κ3) is 2.38. The van der Waals surface area contributed by atoms with Crippen LogP contribution in [0.5, 0.6) is 0 Å². The van der Waals surface area contributed by atoms with Gasteiger partial charge in [-0.15, -0.1) is 0 Å². The lowest BCUT2D eigenvalue weighted by Crippen LogP contribution is -2.58. The van der Waals surface area contributed by atoms with Crippen molar-refractivity contribution in [1.29, 1.82) is 0 Å². The predicted octanol–water partition coefficient (Wildman–Crippen LogP) is 5.35. The summed E-state index contributed by atoms with van der Waals surface area (Å²) in [6.07, 6.45) is 13.8. The standard InChI is InChI=1S/C21H34O2/c1-14(22)23-18-13-20(2)11-6-8-17(20)16-10-9-15-7-4-5-12-21(15,3)19(16)18/h15-19H,4-13H2,1-3H3/t15-,16+,17-,18-,19+,20+,21+/m1/s1. The molecule has 0 spiro atoms. The monoisotopic (exact) mass is 318 g/mol. The highest BCUT2D eigenvalue weighted by molar-refractivity contribution is 5.66.